The van der Waals surface area contributed by atoms with E-state index >= 15 is 0 Å². The fourth-order valence-corrected chi connectivity index (χ4v) is 5.35. The number of aryl methyl sites for hydroxylation is 1. The van der Waals surface area contributed by atoms with Gasteiger partial charge in [0.25, 0.3) is 5.91 Å². The van der Waals surface area contributed by atoms with Gasteiger partial charge in [0.1, 0.15) is 9.71 Å². The highest BCUT2D eigenvalue weighted by Crippen LogP contribution is 2.31. The summed E-state index contributed by atoms with van der Waals surface area (Å²) in [6.45, 7) is 7.39. The number of amides is 1. The summed E-state index contributed by atoms with van der Waals surface area (Å²) < 4.78 is 7.12. The summed E-state index contributed by atoms with van der Waals surface area (Å²) in [5.41, 5.74) is 1.64. The van der Waals surface area contributed by atoms with Crippen LogP contribution in [-0.4, -0.2) is 46.3 Å². The van der Waals surface area contributed by atoms with E-state index in [0.717, 1.165) is 41.1 Å². The zero-order valence-electron chi connectivity index (χ0n) is 17.2. The van der Waals surface area contributed by atoms with Crippen LogP contribution in [0.25, 0.3) is 15.9 Å². The molecular weight excluding hydrogens is 422 g/mol. The number of ether oxygens (including phenoxy) is 1. The third-order valence-electron chi connectivity index (χ3n) is 5.35. The summed E-state index contributed by atoms with van der Waals surface area (Å²) in [5, 5.41) is 6.07. The van der Waals surface area contributed by atoms with Crippen molar-refractivity contribution in [1.29, 1.82) is 0 Å². The molecule has 1 aliphatic heterocycles. The number of benzene rings is 1. The van der Waals surface area contributed by atoms with Gasteiger partial charge in [-0.25, -0.2) is 9.48 Å². The first kappa shape index (κ1) is 20.9. The number of carbonyl (C=O) groups is 2. The number of hydrogen-bond donors (Lipinski definition) is 0. The molecule has 158 valence electrons. The minimum atomic E-state index is -0.486. The Morgan fingerprint density at radius 1 is 1.23 bits per heavy atom. The quantitative estimate of drug-likeness (QED) is 0.545. The summed E-state index contributed by atoms with van der Waals surface area (Å²) >= 11 is 7.41. The molecule has 1 saturated heterocycles. The number of piperidine rings is 1. The highest BCUT2D eigenvalue weighted by atomic mass is 35.5. The van der Waals surface area contributed by atoms with Gasteiger partial charge in [0.05, 0.1) is 11.4 Å². The Bertz CT molecular complexity index is 1100. The summed E-state index contributed by atoms with van der Waals surface area (Å²) in [6.07, 6.45) is 1.12. The number of esters is 1. The van der Waals surface area contributed by atoms with Gasteiger partial charge in [-0.1, -0.05) is 31.5 Å². The molecule has 4 rings (SSSR count). The van der Waals surface area contributed by atoms with E-state index in [-0.39, 0.29) is 12.5 Å². The first-order valence-corrected chi connectivity index (χ1v) is 11.2. The van der Waals surface area contributed by atoms with Crippen LogP contribution >= 0.6 is 22.9 Å². The average Bonchev–Trinajstić information content (AvgIpc) is 3.26. The van der Waals surface area contributed by atoms with Gasteiger partial charge in [-0.15, -0.1) is 11.3 Å². The van der Waals surface area contributed by atoms with Crippen molar-refractivity contribution in [1.82, 2.24) is 14.7 Å². The molecule has 2 aromatic heterocycles. The molecular formula is C22H24ClN3O3S. The molecule has 0 bridgehead atoms. The monoisotopic (exact) mass is 445 g/mol. The number of hydrogen-bond acceptors (Lipinski definition) is 5. The standard InChI is InChI=1S/C22H24ClN3O3S/c1-13-7-14(2)11-25(10-13)20(27)12-29-22(28)19-9-18-15(3)24-26(21(18)30-19)17-6-4-5-16(23)8-17/h4-6,8-9,13-14H,7,10-12H2,1-3H3. The predicted octanol–water partition coefficient (Wildman–Crippen LogP) is 4.71. The van der Waals surface area contributed by atoms with Gasteiger partial charge in [0, 0.05) is 23.5 Å². The van der Waals surface area contributed by atoms with Crippen molar-refractivity contribution in [2.45, 2.75) is 27.2 Å². The molecule has 0 aliphatic carbocycles. The second-order valence-electron chi connectivity index (χ2n) is 8.13. The van der Waals surface area contributed by atoms with E-state index < -0.39 is 5.97 Å². The maximum atomic E-state index is 12.6. The molecule has 0 saturated carbocycles. The van der Waals surface area contributed by atoms with Crippen molar-refractivity contribution in [2.75, 3.05) is 19.7 Å². The highest BCUT2D eigenvalue weighted by Gasteiger charge is 2.26. The summed E-state index contributed by atoms with van der Waals surface area (Å²) in [7, 11) is 0. The third kappa shape index (κ3) is 4.23. The molecule has 30 heavy (non-hydrogen) atoms. The molecule has 1 aliphatic rings. The van der Waals surface area contributed by atoms with Gasteiger partial charge in [0.15, 0.2) is 6.61 Å². The van der Waals surface area contributed by atoms with E-state index in [1.165, 1.54) is 11.3 Å². The Morgan fingerprint density at radius 3 is 2.67 bits per heavy atom. The van der Waals surface area contributed by atoms with Gasteiger partial charge >= 0.3 is 5.97 Å². The molecule has 0 radical (unpaired) electrons. The van der Waals surface area contributed by atoms with Crippen LogP contribution in [0.2, 0.25) is 5.02 Å². The van der Waals surface area contributed by atoms with Crippen molar-refractivity contribution in [3.63, 3.8) is 0 Å². The smallest absolute Gasteiger partial charge is 0.348 e. The maximum absolute atomic E-state index is 12.6. The number of nitrogens with zero attached hydrogens (tertiary/aromatic N) is 3. The zero-order valence-corrected chi connectivity index (χ0v) is 18.8. The van der Waals surface area contributed by atoms with Crippen LogP contribution in [0.15, 0.2) is 30.3 Å². The fraction of sp³-hybridized carbons (Fsp3) is 0.409. The van der Waals surface area contributed by atoms with Crippen LogP contribution in [0.3, 0.4) is 0 Å². The van der Waals surface area contributed by atoms with Gasteiger partial charge in [-0.05, 0) is 49.4 Å². The molecule has 2 atom stereocenters. The predicted molar refractivity (Wildman–Crippen MR) is 119 cm³/mol. The van der Waals surface area contributed by atoms with Crippen molar-refractivity contribution >= 4 is 45.0 Å². The molecule has 1 amide bonds. The normalized spacial score (nSPS) is 19.3. The average molecular weight is 446 g/mol. The third-order valence-corrected chi connectivity index (χ3v) is 6.67. The molecule has 0 N–H and O–H groups in total. The SMILES string of the molecule is Cc1nn(-c2cccc(Cl)c2)c2sc(C(=O)OCC(=O)N3CC(C)CC(C)C3)cc12. The Kier molecular flexibility index (Phi) is 5.84. The van der Waals surface area contributed by atoms with Crippen LogP contribution in [0, 0.1) is 18.8 Å². The van der Waals surface area contributed by atoms with E-state index in [0.29, 0.717) is 21.7 Å². The van der Waals surface area contributed by atoms with Crippen molar-refractivity contribution < 1.29 is 14.3 Å². The van der Waals surface area contributed by atoms with Crippen LogP contribution in [0.1, 0.15) is 35.6 Å². The zero-order chi connectivity index (χ0) is 21.4. The van der Waals surface area contributed by atoms with Crippen molar-refractivity contribution in [3.8, 4) is 5.69 Å². The van der Waals surface area contributed by atoms with Crippen LogP contribution in [0.4, 0.5) is 0 Å². The number of carbonyl (C=O) groups excluding carboxylic acids is 2. The number of rotatable bonds is 4. The summed E-state index contributed by atoms with van der Waals surface area (Å²) in [4.78, 5) is 28.2. The molecule has 3 aromatic rings. The lowest BCUT2D eigenvalue weighted by molar-refractivity contribution is -0.137. The van der Waals surface area contributed by atoms with E-state index in [9.17, 15) is 9.59 Å². The summed E-state index contributed by atoms with van der Waals surface area (Å²) in [6, 6.07) is 9.17. The highest BCUT2D eigenvalue weighted by molar-refractivity contribution is 7.20. The van der Waals surface area contributed by atoms with E-state index in [2.05, 4.69) is 18.9 Å². The van der Waals surface area contributed by atoms with E-state index in [1.807, 2.05) is 25.1 Å². The van der Waals surface area contributed by atoms with Crippen LogP contribution < -0.4 is 0 Å². The minimum absolute atomic E-state index is 0.135. The number of likely N-dealkylation sites (tertiary alicyclic amines) is 1. The van der Waals surface area contributed by atoms with Crippen LogP contribution in [-0.2, 0) is 9.53 Å². The molecule has 1 aromatic carbocycles. The first-order chi connectivity index (χ1) is 14.3. The molecule has 6 nitrogen and oxygen atoms in total. The summed E-state index contributed by atoms with van der Waals surface area (Å²) in [5.74, 6) is 0.311. The number of thiophene rings is 1. The van der Waals surface area contributed by atoms with E-state index in [4.69, 9.17) is 16.3 Å². The van der Waals surface area contributed by atoms with Gasteiger partial charge in [-0.2, -0.15) is 5.10 Å². The number of fused-ring (bicyclic) bond motifs is 1. The topological polar surface area (TPSA) is 64.4 Å². The Labute approximate surface area is 184 Å². The molecule has 8 heteroatoms. The molecule has 1 fully saturated rings. The number of aromatic nitrogens is 2. The van der Waals surface area contributed by atoms with Crippen LogP contribution in [0.5, 0.6) is 0 Å². The maximum Gasteiger partial charge on any atom is 0.348 e. The first-order valence-electron chi connectivity index (χ1n) is 10.0. The van der Waals surface area contributed by atoms with Crippen molar-refractivity contribution in [3.05, 3.63) is 45.9 Å². The minimum Gasteiger partial charge on any atom is -0.451 e. The lowest BCUT2D eigenvalue weighted by Gasteiger charge is -2.34. The largest absolute Gasteiger partial charge is 0.451 e. The Balaban J connectivity index is 1.49. The lowest BCUT2D eigenvalue weighted by Crippen LogP contribution is -2.44. The molecule has 0 spiro atoms. The lowest BCUT2D eigenvalue weighted by atomic mass is 9.92. The second-order valence-corrected chi connectivity index (χ2v) is 9.59. The van der Waals surface area contributed by atoms with E-state index in [1.54, 1.807) is 21.7 Å². The Hall–Kier alpha value is -2.38. The molecule has 2 unspecified atom stereocenters. The second kappa shape index (κ2) is 8.40. The Morgan fingerprint density at radius 2 is 1.97 bits per heavy atom. The fourth-order valence-electron chi connectivity index (χ4n) is 4.09. The van der Waals surface area contributed by atoms with Gasteiger partial charge in [-0.3, -0.25) is 4.79 Å². The van der Waals surface area contributed by atoms with Gasteiger partial charge in [0.2, 0.25) is 0 Å². The van der Waals surface area contributed by atoms with Gasteiger partial charge < -0.3 is 9.64 Å². The van der Waals surface area contributed by atoms with Crippen molar-refractivity contribution in [2.24, 2.45) is 11.8 Å². The molecule has 3 heterocycles. The number of halogens is 1.